The molecular formula is C14H16N2O2S. The van der Waals surface area contributed by atoms with Crippen molar-refractivity contribution in [1.82, 2.24) is 9.97 Å². The van der Waals surface area contributed by atoms with Crippen molar-refractivity contribution in [3.63, 3.8) is 0 Å². The molecule has 0 atom stereocenters. The van der Waals surface area contributed by atoms with Gasteiger partial charge in [0.05, 0.1) is 22.5 Å². The monoisotopic (exact) mass is 276 g/mol. The van der Waals surface area contributed by atoms with E-state index in [1.54, 1.807) is 0 Å². The molecule has 0 saturated heterocycles. The lowest BCUT2D eigenvalue weighted by molar-refractivity contribution is -0.133. The van der Waals surface area contributed by atoms with Crippen molar-refractivity contribution in [3.8, 4) is 0 Å². The summed E-state index contributed by atoms with van der Waals surface area (Å²) in [5.41, 5.74) is 4.94. The number of carboxylic acid groups (broad SMARTS) is 1. The predicted octanol–water partition coefficient (Wildman–Crippen LogP) is 2.76. The minimum Gasteiger partial charge on any atom is -0.481 e. The molecule has 2 N–H and O–H groups in total. The molecule has 0 aliphatic heterocycles. The van der Waals surface area contributed by atoms with E-state index in [2.05, 4.69) is 22.1 Å². The second kappa shape index (κ2) is 5.25. The molecule has 0 saturated carbocycles. The Morgan fingerprint density at radius 3 is 2.79 bits per heavy atom. The van der Waals surface area contributed by atoms with E-state index in [0.717, 1.165) is 29.7 Å². The number of fused-ring (bicyclic) bond motifs is 2. The molecule has 1 aromatic carbocycles. The quantitative estimate of drug-likeness (QED) is 0.901. The zero-order chi connectivity index (χ0) is 13.2. The molecule has 0 bridgehead atoms. The van der Waals surface area contributed by atoms with Crippen molar-refractivity contribution in [2.45, 2.75) is 31.4 Å². The first-order chi connectivity index (χ1) is 9.22. The van der Waals surface area contributed by atoms with Crippen molar-refractivity contribution in [2.75, 3.05) is 5.75 Å². The molecule has 1 aromatic heterocycles. The number of aromatic amines is 1. The second-order valence-corrected chi connectivity index (χ2v) is 5.90. The summed E-state index contributed by atoms with van der Waals surface area (Å²) in [6.07, 6.45) is 4.85. The molecular weight excluding hydrogens is 260 g/mol. The van der Waals surface area contributed by atoms with Gasteiger partial charge in [0, 0.05) is 0 Å². The molecule has 100 valence electrons. The topological polar surface area (TPSA) is 66.0 Å². The third kappa shape index (κ3) is 2.76. The van der Waals surface area contributed by atoms with E-state index in [4.69, 9.17) is 5.11 Å². The first-order valence-corrected chi connectivity index (χ1v) is 7.68. The van der Waals surface area contributed by atoms with Crippen LogP contribution in [0.5, 0.6) is 0 Å². The summed E-state index contributed by atoms with van der Waals surface area (Å²) in [5.74, 6) is 0.819. The highest BCUT2D eigenvalue weighted by atomic mass is 32.2. The number of rotatable bonds is 4. The van der Waals surface area contributed by atoms with E-state index in [0.29, 0.717) is 5.75 Å². The Balaban J connectivity index is 1.82. The molecule has 5 heteroatoms. The highest BCUT2D eigenvalue weighted by molar-refractivity contribution is 7.99. The van der Waals surface area contributed by atoms with Gasteiger partial charge in [-0.05, 0) is 48.9 Å². The third-order valence-electron chi connectivity index (χ3n) is 3.46. The van der Waals surface area contributed by atoms with E-state index < -0.39 is 5.97 Å². The predicted molar refractivity (Wildman–Crippen MR) is 76.5 cm³/mol. The number of hydrogen-bond donors (Lipinski definition) is 2. The van der Waals surface area contributed by atoms with Gasteiger partial charge in [-0.3, -0.25) is 4.79 Å². The maximum atomic E-state index is 10.5. The number of carbonyl (C=O) groups is 1. The molecule has 0 fully saturated rings. The molecule has 0 amide bonds. The zero-order valence-corrected chi connectivity index (χ0v) is 11.4. The molecule has 3 rings (SSSR count). The lowest BCUT2D eigenvalue weighted by atomic mass is 9.91. The van der Waals surface area contributed by atoms with Gasteiger partial charge in [-0.15, -0.1) is 11.8 Å². The summed E-state index contributed by atoms with van der Waals surface area (Å²) in [7, 11) is 0. The van der Waals surface area contributed by atoms with Crippen molar-refractivity contribution in [1.29, 1.82) is 0 Å². The molecule has 1 aliphatic rings. The highest BCUT2D eigenvalue weighted by Gasteiger charge is 2.12. The average Bonchev–Trinajstić information content (AvgIpc) is 2.77. The lowest BCUT2D eigenvalue weighted by Crippen LogP contribution is -2.01. The zero-order valence-electron chi connectivity index (χ0n) is 10.6. The second-order valence-electron chi connectivity index (χ2n) is 4.92. The lowest BCUT2D eigenvalue weighted by Gasteiger charge is -2.14. The number of nitrogens with zero attached hydrogens (tertiary/aromatic N) is 1. The summed E-state index contributed by atoms with van der Waals surface area (Å²) in [4.78, 5) is 18.3. The molecule has 1 heterocycles. The number of H-pyrrole nitrogens is 1. The third-order valence-corrected chi connectivity index (χ3v) is 4.39. The van der Waals surface area contributed by atoms with Crippen LogP contribution in [0.4, 0.5) is 0 Å². The number of hydrogen-bond acceptors (Lipinski definition) is 3. The molecule has 1 aliphatic carbocycles. The number of carboxylic acids is 1. The summed E-state index contributed by atoms with van der Waals surface area (Å²) in [5, 5.41) is 8.62. The first-order valence-electron chi connectivity index (χ1n) is 6.52. The molecule has 4 nitrogen and oxygen atoms in total. The van der Waals surface area contributed by atoms with Gasteiger partial charge in [-0.25, -0.2) is 4.98 Å². The summed E-state index contributed by atoms with van der Waals surface area (Å²) >= 11 is 1.37. The molecule has 19 heavy (non-hydrogen) atoms. The molecule has 0 unspecified atom stereocenters. The van der Waals surface area contributed by atoms with Crippen molar-refractivity contribution >= 4 is 28.8 Å². The van der Waals surface area contributed by atoms with Gasteiger partial charge in [0.2, 0.25) is 0 Å². The van der Waals surface area contributed by atoms with Gasteiger partial charge in [0.25, 0.3) is 0 Å². The summed E-state index contributed by atoms with van der Waals surface area (Å²) in [6.45, 7) is 0. The number of aliphatic carboxylic acids is 1. The van der Waals surface area contributed by atoms with Crippen LogP contribution >= 0.6 is 11.8 Å². The normalized spacial score (nSPS) is 14.5. The fourth-order valence-corrected chi connectivity index (χ4v) is 3.20. The van der Waals surface area contributed by atoms with Crippen LogP contribution in [0.1, 0.15) is 29.8 Å². The number of imidazole rings is 1. The van der Waals surface area contributed by atoms with E-state index in [-0.39, 0.29) is 5.75 Å². The van der Waals surface area contributed by atoms with Crippen LogP contribution in [0.25, 0.3) is 11.0 Å². The van der Waals surface area contributed by atoms with E-state index in [9.17, 15) is 4.79 Å². The molecule has 0 spiro atoms. The van der Waals surface area contributed by atoms with Crippen LogP contribution < -0.4 is 0 Å². The first kappa shape index (κ1) is 12.5. The van der Waals surface area contributed by atoms with Crippen molar-refractivity contribution < 1.29 is 9.90 Å². The Bertz CT molecular complexity index is 578. The van der Waals surface area contributed by atoms with E-state index in [1.807, 2.05) is 0 Å². The smallest absolute Gasteiger partial charge is 0.313 e. The fourth-order valence-electron chi connectivity index (χ4n) is 2.60. The van der Waals surface area contributed by atoms with Gasteiger partial charge in [0.15, 0.2) is 0 Å². The Labute approximate surface area is 115 Å². The van der Waals surface area contributed by atoms with Crippen LogP contribution in [0.2, 0.25) is 0 Å². The van der Waals surface area contributed by atoms with E-state index in [1.165, 1.54) is 35.7 Å². The highest BCUT2D eigenvalue weighted by Crippen LogP contribution is 2.26. The molecule has 2 aromatic rings. The minimum absolute atomic E-state index is 0.119. The average molecular weight is 276 g/mol. The van der Waals surface area contributed by atoms with Gasteiger partial charge < -0.3 is 10.1 Å². The van der Waals surface area contributed by atoms with Crippen LogP contribution in [0.3, 0.4) is 0 Å². The SMILES string of the molecule is O=C(O)CSCc1nc2cc3c(cc2[nH]1)CCCC3. The Kier molecular flexibility index (Phi) is 3.46. The van der Waals surface area contributed by atoms with Crippen LogP contribution in [-0.2, 0) is 23.4 Å². The maximum Gasteiger partial charge on any atom is 0.313 e. The van der Waals surface area contributed by atoms with Gasteiger partial charge in [-0.2, -0.15) is 0 Å². The standard InChI is InChI=1S/C14H16N2O2S/c17-14(18)8-19-7-13-15-11-5-9-3-1-2-4-10(9)6-12(11)16-13/h5-6H,1-4,7-8H2,(H,15,16)(H,17,18). The van der Waals surface area contributed by atoms with Crippen LogP contribution in [0.15, 0.2) is 12.1 Å². The fraction of sp³-hybridized carbons (Fsp3) is 0.429. The number of benzene rings is 1. The summed E-state index contributed by atoms with van der Waals surface area (Å²) in [6, 6.07) is 4.40. The van der Waals surface area contributed by atoms with Crippen molar-refractivity contribution in [3.05, 3.63) is 29.1 Å². The number of aromatic nitrogens is 2. The Morgan fingerprint density at radius 1 is 1.32 bits per heavy atom. The number of aryl methyl sites for hydroxylation is 2. The van der Waals surface area contributed by atoms with Crippen LogP contribution in [0, 0.1) is 0 Å². The Hall–Kier alpha value is -1.49. The molecule has 0 radical (unpaired) electrons. The van der Waals surface area contributed by atoms with Gasteiger partial charge in [-0.1, -0.05) is 0 Å². The van der Waals surface area contributed by atoms with Gasteiger partial charge >= 0.3 is 5.97 Å². The van der Waals surface area contributed by atoms with E-state index >= 15 is 0 Å². The maximum absolute atomic E-state index is 10.5. The minimum atomic E-state index is -0.781. The van der Waals surface area contributed by atoms with Crippen molar-refractivity contribution in [2.24, 2.45) is 0 Å². The van der Waals surface area contributed by atoms with Gasteiger partial charge in [0.1, 0.15) is 5.82 Å². The summed E-state index contributed by atoms with van der Waals surface area (Å²) < 4.78 is 0. The Morgan fingerprint density at radius 2 is 2.05 bits per heavy atom. The van der Waals surface area contributed by atoms with Crippen LogP contribution in [-0.4, -0.2) is 26.8 Å². The number of nitrogens with one attached hydrogen (secondary N) is 1. The largest absolute Gasteiger partial charge is 0.481 e. The number of thioether (sulfide) groups is 1.